The van der Waals surface area contributed by atoms with Gasteiger partial charge >= 0.3 is 0 Å². The molecule has 1 fully saturated rings. The molecule has 0 radical (unpaired) electrons. The first-order valence-corrected chi connectivity index (χ1v) is 15.6. The van der Waals surface area contributed by atoms with Crippen LogP contribution in [0.25, 0.3) is 0 Å². The lowest BCUT2D eigenvalue weighted by molar-refractivity contribution is 0.252. The smallest absolute Gasteiger partial charge is 0.119 e. The maximum atomic E-state index is 5.96. The number of piperazine rings is 1. The van der Waals surface area contributed by atoms with Crippen molar-refractivity contribution in [2.24, 2.45) is 0 Å². The second-order valence-corrected chi connectivity index (χ2v) is 10.9. The van der Waals surface area contributed by atoms with Crippen molar-refractivity contribution in [3.8, 4) is 5.75 Å². The summed E-state index contributed by atoms with van der Waals surface area (Å²) in [5.41, 5.74) is 1.34. The van der Waals surface area contributed by atoms with E-state index >= 15 is 0 Å². The lowest BCUT2D eigenvalue weighted by atomic mass is 10.1. The van der Waals surface area contributed by atoms with Gasteiger partial charge in [-0.05, 0) is 56.5 Å². The highest BCUT2D eigenvalue weighted by Gasteiger charge is 2.16. The molecule has 0 bridgehead atoms. The van der Waals surface area contributed by atoms with Crippen LogP contribution in [-0.4, -0.2) is 44.2 Å². The van der Waals surface area contributed by atoms with Crippen molar-refractivity contribution in [3.63, 3.8) is 0 Å². The minimum atomic E-state index is 0.832. The van der Waals surface area contributed by atoms with Crippen LogP contribution in [0.15, 0.2) is 36.9 Å². The Morgan fingerprint density at radius 2 is 1.19 bits per heavy atom. The summed E-state index contributed by atoms with van der Waals surface area (Å²) in [6.45, 7) is 12.9. The molecule has 3 heteroatoms. The first-order valence-electron chi connectivity index (χ1n) is 15.6. The largest absolute Gasteiger partial charge is 0.494 e. The molecule has 0 unspecified atom stereocenters. The summed E-state index contributed by atoms with van der Waals surface area (Å²) in [4.78, 5) is 5.20. The van der Waals surface area contributed by atoms with E-state index in [2.05, 4.69) is 47.6 Å². The Bertz CT molecular complexity index is 621. The normalized spacial score (nSPS) is 14.3. The average molecular weight is 499 g/mol. The van der Waals surface area contributed by atoms with Crippen molar-refractivity contribution in [1.82, 2.24) is 4.90 Å². The highest BCUT2D eigenvalue weighted by molar-refractivity contribution is 5.49. The van der Waals surface area contributed by atoms with Crippen LogP contribution in [0.2, 0.25) is 0 Å². The molecule has 1 aromatic rings. The summed E-state index contributed by atoms with van der Waals surface area (Å²) in [5, 5.41) is 0. The Kier molecular flexibility index (Phi) is 18.4. The van der Waals surface area contributed by atoms with E-state index in [1.165, 1.54) is 128 Å². The maximum absolute atomic E-state index is 5.96. The van der Waals surface area contributed by atoms with Gasteiger partial charge in [-0.25, -0.2) is 0 Å². The Morgan fingerprint density at radius 3 is 1.78 bits per heavy atom. The SMILES string of the molecule is C=CCCCCCCCOc1ccc(N2CCN(CCCCCCCCCCCCCC)CC2)cc1. The molecule has 0 aliphatic carbocycles. The predicted octanol–water partition coefficient (Wildman–Crippen LogP) is 9.42. The van der Waals surface area contributed by atoms with Crippen LogP contribution in [0.4, 0.5) is 5.69 Å². The molecule has 1 saturated heterocycles. The summed E-state index contributed by atoms with van der Waals surface area (Å²) in [6, 6.07) is 8.79. The van der Waals surface area contributed by atoms with Gasteiger partial charge in [0.1, 0.15) is 5.75 Å². The molecular weight excluding hydrogens is 440 g/mol. The van der Waals surface area contributed by atoms with Gasteiger partial charge in [0.25, 0.3) is 0 Å². The predicted molar refractivity (Wildman–Crippen MR) is 160 cm³/mol. The van der Waals surface area contributed by atoms with E-state index in [1.807, 2.05) is 6.08 Å². The van der Waals surface area contributed by atoms with Crippen LogP contribution < -0.4 is 9.64 Å². The summed E-state index contributed by atoms with van der Waals surface area (Å²) in [7, 11) is 0. The Hall–Kier alpha value is -1.48. The fourth-order valence-corrected chi connectivity index (χ4v) is 5.27. The molecule has 206 valence electrons. The van der Waals surface area contributed by atoms with E-state index in [-0.39, 0.29) is 0 Å². The zero-order valence-corrected chi connectivity index (χ0v) is 23.9. The third-order valence-corrected chi connectivity index (χ3v) is 7.72. The van der Waals surface area contributed by atoms with Crippen molar-refractivity contribution in [2.75, 3.05) is 44.2 Å². The van der Waals surface area contributed by atoms with Crippen LogP contribution in [0, 0.1) is 0 Å². The highest BCUT2D eigenvalue weighted by atomic mass is 16.5. The number of benzene rings is 1. The van der Waals surface area contributed by atoms with Gasteiger partial charge < -0.3 is 9.64 Å². The highest BCUT2D eigenvalue weighted by Crippen LogP contribution is 2.21. The molecule has 0 N–H and O–H groups in total. The second kappa shape index (κ2) is 21.6. The molecule has 0 spiro atoms. The molecule has 1 heterocycles. The van der Waals surface area contributed by atoms with Gasteiger partial charge in [0.05, 0.1) is 6.61 Å². The molecule has 1 aromatic carbocycles. The molecule has 1 aliphatic heterocycles. The molecule has 0 atom stereocenters. The number of ether oxygens (including phenoxy) is 1. The fraction of sp³-hybridized carbons (Fsp3) is 0.758. The molecule has 1 aliphatic rings. The molecule has 2 rings (SSSR count). The third kappa shape index (κ3) is 14.9. The summed E-state index contributed by atoms with van der Waals surface area (Å²) < 4.78 is 5.96. The molecular formula is C33H58N2O. The molecule has 36 heavy (non-hydrogen) atoms. The second-order valence-electron chi connectivity index (χ2n) is 10.9. The monoisotopic (exact) mass is 498 g/mol. The van der Waals surface area contributed by atoms with Gasteiger partial charge in [0.2, 0.25) is 0 Å². The van der Waals surface area contributed by atoms with Crippen molar-refractivity contribution in [3.05, 3.63) is 36.9 Å². The van der Waals surface area contributed by atoms with Crippen LogP contribution >= 0.6 is 0 Å². The number of allylic oxidation sites excluding steroid dienone is 1. The van der Waals surface area contributed by atoms with Gasteiger partial charge in [-0.1, -0.05) is 103 Å². The lowest BCUT2D eigenvalue weighted by Crippen LogP contribution is -2.46. The Morgan fingerprint density at radius 1 is 0.667 bits per heavy atom. The number of hydrogen-bond donors (Lipinski definition) is 0. The molecule has 0 aromatic heterocycles. The standard InChI is InChI=1S/C33H58N2O/c1-3-5-7-9-11-12-13-14-15-16-18-20-26-34-27-29-35(30-28-34)32-22-24-33(25-23-32)36-31-21-19-17-10-8-6-4-2/h4,22-25H,2-3,5-21,26-31H2,1H3. The van der Waals surface area contributed by atoms with Gasteiger partial charge in [-0.3, -0.25) is 4.90 Å². The molecule has 3 nitrogen and oxygen atoms in total. The number of hydrogen-bond acceptors (Lipinski definition) is 3. The van der Waals surface area contributed by atoms with E-state index in [0.29, 0.717) is 0 Å². The van der Waals surface area contributed by atoms with Crippen LogP contribution in [-0.2, 0) is 0 Å². The third-order valence-electron chi connectivity index (χ3n) is 7.72. The van der Waals surface area contributed by atoms with E-state index in [9.17, 15) is 0 Å². The van der Waals surface area contributed by atoms with Gasteiger partial charge in [0, 0.05) is 31.9 Å². The minimum absolute atomic E-state index is 0.832. The van der Waals surface area contributed by atoms with Crippen molar-refractivity contribution in [2.45, 2.75) is 122 Å². The van der Waals surface area contributed by atoms with E-state index in [1.54, 1.807) is 0 Å². The minimum Gasteiger partial charge on any atom is -0.494 e. The van der Waals surface area contributed by atoms with E-state index < -0.39 is 0 Å². The van der Waals surface area contributed by atoms with Crippen LogP contribution in [0.3, 0.4) is 0 Å². The van der Waals surface area contributed by atoms with Crippen molar-refractivity contribution >= 4 is 5.69 Å². The Labute approximate surface area is 224 Å². The first kappa shape index (κ1) is 30.7. The van der Waals surface area contributed by atoms with E-state index in [0.717, 1.165) is 38.3 Å². The topological polar surface area (TPSA) is 15.7 Å². The number of unbranched alkanes of at least 4 members (excludes halogenated alkanes) is 16. The van der Waals surface area contributed by atoms with Crippen molar-refractivity contribution < 1.29 is 4.74 Å². The van der Waals surface area contributed by atoms with Gasteiger partial charge in [-0.2, -0.15) is 0 Å². The van der Waals surface area contributed by atoms with Crippen LogP contribution in [0.1, 0.15) is 122 Å². The average Bonchev–Trinajstić information content (AvgIpc) is 2.91. The fourth-order valence-electron chi connectivity index (χ4n) is 5.27. The lowest BCUT2D eigenvalue weighted by Gasteiger charge is -2.36. The number of rotatable bonds is 23. The van der Waals surface area contributed by atoms with Gasteiger partial charge in [-0.15, -0.1) is 6.58 Å². The van der Waals surface area contributed by atoms with Gasteiger partial charge in [0.15, 0.2) is 0 Å². The number of anilines is 1. The zero-order valence-electron chi connectivity index (χ0n) is 23.9. The first-order chi connectivity index (χ1) is 17.8. The van der Waals surface area contributed by atoms with Crippen LogP contribution in [0.5, 0.6) is 5.75 Å². The van der Waals surface area contributed by atoms with E-state index in [4.69, 9.17) is 4.74 Å². The quantitative estimate of drug-likeness (QED) is 0.110. The zero-order chi connectivity index (χ0) is 25.5. The molecule has 0 saturated carbocycles. The summed E-state index contributed by atoms with van der Waals surface area (Å²) in [6.07, 6.45) is 26.7. The summed E-state index contributed by atoms with van der Waals surface area (Å²) in [5.74, 6) is 1.01. The summed E-state index contributed by atoms with van der Waals surface area (Å²) >= 11 is 0. The molecule has 0 amide bonds. The number of nitrogens with zero attached hydrogens (tertiary/aromatic N) is 2. The van der Waals surface area contributed by atoms with Crippen molar-refractivity contribution in [1.29, 1.82) is 0 Å². The Balaban J connectivity index is 1.44. The maximum Gasteiger partial charge on any atom is 0.119 e.